The summed E-state index contributed by atoms with van der Waals surface area (Å²) in [5.74, 6) is 0.876. The van der Waals surface area contributed by atoms with Crippen molar-refractivity contribution in [1.82, 2.24) is 9.78 Å². The number of rotatable bonds is 6. The maximum Gasteiger partial charge on any atom is 0.118 e. The van der Waals surface area contributed by atoms with Crippen molar-refractivity contribution in [1.29, 1.82) is 0 Å². The minimum absolute atomic E-state index is 0.114. The van der Waals surface area contributed by atoms with Crippen LogP contribution in [0.5, 0.6) is 5.75 Å². The lowest BCUT2D eigenvalue weighted by atomic mass is 10.0. The smallest absolute Gasteiger partial charge is 0.118 e. The molecule has 0 aliphatic carbocycles. The summed E-state index contributed by atoms with van der Waals surface area (Å²) in [7, 11) is 1.67. The SMILES string of the molecule is CCn1cc(CC(N)Cc2ccc(OC)cc2)cn1. The molecule has 1 aromatic heterocycles. The minimum atomic E-state index is 0.114. The first-order valence-corrected chi connectivity index (χ1v) is 6.61. The quantitative estimate of drug-likeness (QED) is 0.863. The molecule has 0 spiro atoms. The van der Waals surface area contributed by atoms with Gasteiger partial charge in [-0.25, -0.2) is 0 Å². The molecule has 1 heterocycles. The monoisotopic (exact) mass is 259 g/mol. The lowest BCUT2D eigenvalue weighted by molar-refractivity contribution is 0.414. The van der Waals surface area contributed by atoms with Gasteiger partial charge in [0.25, 0.3) is 0 Å². The van der Waals surface area contributed by atoms with Crippen molar-refractivity contribution in [2.24, 2.45) is 5.73 Å². The Bertz CT molecular complexity index is 504. The Morgan fingerprint density at radius 2 is 1.89 bits per heavy atom. The molecule has 0 saturated carbocycles. The normalized spacial score (nSPS) is 12.4. The molecule has 2 aromatic rings. The number of hydrogen-bond donors (Lipinski definition) is 1. The number of nitrogens with two attached hydrogens (primary N) is 1. The average molecular weight is 259 g/mol. The van der Waals surface area contributed by atoms with Crippen LogP contribution >= 0.6 is 0 Å². The Labute approximate surface area is 114 Å². The van der Waals surface area contributed by atoms with Crippen LogP contribution in [0.25, 0.3) is 0 Å². The molecule has 102 valence electrons. The molecule has 4 heteroatoms. The lowest BCUT2D eigenvalue weighted by Crippen LogP contribution is -2.25. The van der Waals surface area contributed by atoms with Gasteiger partial charge in [0.15, 0.2) is 0 Å². The summed E-state index contributed by atoms with van der Waals surface area (Å²) in [5, 5.41) is 4.26. The van der Waals surface area contributed by atoms with Gasteiger partial charge in [-0.05, 0) is 43.0 Å². The highest BCUT2D eigenvalue weighted by Gasteiger charge is 2.07. The Kier molecular flexibility index (Phi) is 4.58. The number of benzene rings is 1. The molecule has 1 aromatic carbocycles. The summed E-state index contributed by atoms with van der Waals surface area (Å²) in [6.45, 7) is 2.97. The van der Waals surface area contributed by atoms with E-state index in [1.54, 1.807) is 7.11 Å². The van der Waals surface area contributed by atoms with E-state index in [1.807, 2.05) is 23.0 Å². The van der Waals surface area contributed by atoms with Gasteiger partial charge in [-0.3, -0.25) is 4.68 Å². The lowest BCUT2D eigenvalue weighted by Gasteiger charge is -2.10. The molecule has 0 bridgehead atoms. The van der Waals surface area contributed by atoms with Gasteiger partial charge in [-0.15, -0.1) is 0 Å². The summed E-state index contributed by atoms with van der Waals surface area (Å²) in [4.78, 5) is 0. The Balaban J connectivity index is 1.90. The van der Waals surface area contributed by atoms with Gasteiger partial charge >= 0.3 is 0 Å². The summed E-state index contributed by atoms with van der Waals surface area (Å²) in [6, 6.07) is 8.18. The van der Waals surface area contributed by atoms with Crippen molar-refractivity contribution < 1.29 is 4.74 Å². The number of aryl methyl sites for hydroxylation is 1. The molecule has 2 rings (SSSR count). The third-order valence-electron chi connectivity index (χ3n) is 3.17. The zero-order valence-electron chi connectivity index (χ0n) is 11.5. The molecule has 1 unspecified atom stereocenters. The fraction of sp³-hybridized carbons (Fsp3) is 0.400. The van der Waals surface area contributed by atoms with Gasteiger partial charge in [0.1, 0.15) is 5.75 Å². The standard InChI is InChI=1S/C15H21N3O/c1-3-18-11-13(10-17-18)9-14(16)8-12-4-6-15(19-2)7-5-12/h4-7,10-11,14H,3,8-9,16H2,1-2H3. The van der Waals surface area contributed by atoms with Crippen molar-refractivity contribution in [3.05, 3.63) is 47.8 Å². The highest BCUT2D eigenvalue weighted by Crippen LogP contribution is 2.13. The van der Waals surface area contributed by atoms with E-state index in [1.165, 1.54) is 11.1 Å². The number of ether oxygens (including phenoxy) is 1. The van der Waals surface area contributed by atoms with Gasteiger partial charge in [0, 0.05) is 18.8 Å². The number of nitrogens with zero attached hydrogens (tertiary/aromatic N) is 2. The maximum absolute atomic E-state index is 6.19. The van der Waals surface area contributed by atoms with Crippen LogP contribution in [-0.4, -0.2) is 22.9 Å². The molecule has 2 N–H and O–H groups in total. The molecule has 19 heavy (non-hydrogen) atoms. The van der Waals surface area contributed by atoms with Crippen molar-refractivity contribution in [3.63, 3.8) is 0 Å². The van der Waals surface area contributed by atoms with Gasteiger partial charge in [-0.2, -0.15) is 5.10 Å². The number of hydrogen-bond acceptors (Lipinski definition) is 3. The molecule has 0 aliphatic rings. The largest absolute Gasteiger partial charge is 0.497 e. The molecule has 0 aliphatic heterocycles. The summed E-state index contributed by atoms with van der Waals surface area (Å²) >= 11 is 0. The third kappa shape index (κ3) is 3.83. The fourth-order valence-corrected chi connectivity index (χ4v) is 2.12. The van der Waals surface area contributed by atoms with Crippen LogP contribution in [0.3, 0.4) is 0 Å². The van der Waals surface area contributed by atoms with E-state index < -0.39 is 0 Å². The first kappa shape index (κ1) is 13.6. The second-order valence-corrected chi connectivity index (χ2v) is 4.72. The van der Waals surface area contributed by atoms with Crippen LogP contribution in [0.2, 0.25) is 0 Å². The van der Waals surface area contributed by atoms with Gasteiger partial charge in [-0.1, -0.05) is 12.1 Å². The van der Waals surface area contributed by atoms with Gasteiger partial charge < -0.3 is 10.5 Å². The molecular formula is C15H21N3O. The molecule has 0 saturated heterocycles. The molecule has 0 radical (unpaired) electrons. The highest BCUT2D eigenvalue weighted by molar-refractivity contribution is 5.27. The van der Waals surface area contributed by atoms with Crippen LogP contribution in [0.1, 0.15) is 18.1 Å². The van der Waals surface area contributed by atoms with E-state index in [-0.39, 0.29) is 6.04 Å². The molecule has 0 amide bonds. The number of methoxy groups -OCH3 is 1. The first-order valence-electron chi connectivity index (χ1n) is 6.61. The Morgan fingerprint density at radius 1 is 1.21 bits per heavy atom. The molecular weight excluding hydrogens is 238 g/mol. The zero-order valence-corrected chi connectivity index (χ0v) is 11.5. The van der Waals surface area contributed by atoms with Crippen LogP contribution in [0.15, 0.2) is 36.7 Å². The van der Waals surface area contributed by atoms with Crippen molar-refractivity contribution in [2.75, 3.05) is 7.11 Å². The van der Waals surface area contributed by atoms with Crippen molar-refractivity contribution >= 4 is 0 Å². The van der Waals surface area contributed by atoms with E-state index in [4.69, 9.17) is 10.5 Å². The van der Waals surface area contributed by atoms with E-state index in [0.29, 0.717) is 0 Å². The highest BCUT2D eigenvalue weighted by atomic mass is 16.5. The zero-order chi connectivity index (χ0) is 13.7. The van der Waals surface area contributed by atoms with Crippen molar-refractivity contribution in [3.8, 4) is 5.75 Å². The third-order valence-corrected chi connectivity index (χ3v) is 3.17. The topological polar surface area (TPSA) is 53.1 Å². The fourth-order valence-electron chi connectivity index (χ4n) is 2.12. The van der Waals surface area contributed by atoms with Crippen LogP contribution in [-0.2, 0) is 19.4 Å². The predicted molar refractivity (Wildman–Crippen MR) is 76.3 cm³/mol. The minimum Gasteiger partial charge on any atom is -0.497 e. The maximum atomic E-state index is 6.19. The summed E-state index contributed by atoms with van der Waals surface area (Å²) in [6.07, 6.45) is 5.68. The molecule has 0 fully saturated rings. The second kappa shape index (κ2) is 6.38. The Hall–Kier alpha value is -1.81. The summed E-state index contributed by atoms with van der Waals surface area (Å²) < 4.78 is 7.07. The Morgan fingerprint density at radius 3 is 2.47 bits per heavy atom. The predicted octanol–water partition coefficient (Wildman–Crippen LogP) is 2.02. The molecule has 4 nitrogen and oxygen atoms in total. The van der Waals surface area contributed by atoms with Crippen LogP contribution in [0.4, 0.5) is 0 Å². The van der Waals surface area contributed by atoms with E-state index >= 15 is 0 Å². The molecule has 1 atom stereocenters. The van der Waals surface area contributed by atoms with Gasteiger partial charge in [0.05, 0.1) is 13.3 Å². The van der Waals surface area contributed by atoms with E-state index in [2.05, 4.69) is 30.4 Å². The van der Waals surface area contributed by atoms with Crippen LogP contribution in [0, 0.1) is 0 Å². The summed E-state index contributed by atoms with van der Waals surface area (Å²) in [5.41, 5.74) is 8.62. The second-order valence-electron chi connectivity index (χ2n) is 4.72. The average Bonchev–Trinajstić information content (AvgIpc) is 2.87. The van der Waals surface area contributed by atoms with Gasteiger partial charge in [0.2, 0.25) is 0 Å². The first-order chi connectivity index (χ1) is 9.21. The van der Waals surface area contributed by atoms with E-state index in [9.17, 15) is 0 Å². The van der Waals surface area contributed by atoms with E-state index in [0.717, 1.165) is 25.1 Å². The van der Waals surface area contributed by atoms with Crippen LogP contribution < -0.4 is 10.5 Å². The number of aromatic nitrogens is 2. The van der Waals surface area contributed by atoms with Crippen molar-refractivity contribution in [2.45, 2.75) is 32.4 Å².